The lowest BCUT2D eigenvalue weighted by Crippen LogP contribution is -2.40. The fourth-order valence-corrected chi connectivity index (χ4v) is 1.99. The number of aromatic amines is 1. The van der Waals surface area contributed by atoms with Crippen molar-refractivity contribution in [3.05, 3.63) is 17.5 Å². The van der Waals surface area contributed by atoms with Gasteiger partial charge < -0.3 is 10.0 Å². The summed E-state index contributed by atoms with van der Waals surface area (Å²) in [7, 11) is 0. The van der Waals surface area contributed by atoms with E-state index in [0.29, 0.717) is 24.2 Å². The Labute approximate surface area is 92.3 Å². The normalized spacial score (nSPS) is 20.1. The Kier molecular flexibility index (Phi) is 2.64. The van der Waals surface area contributed by atoms with Crippen LogP contribution in [0, 0.1) is 6.92 Å². The first-order valence-corrected chi connectivity index (χ1v) is 5.15. The maximum absolute atomic E-state index is 12.0. The Bertz CT molecular complexity index is 427. The molecule has 2 heterocycles. The highest BCUT2D eigenvalue weighted by atomic mass is 16.4. The smallest absolute Gasteiger partial charge is 0.326 e. The van der Waals surface area contributed by atoms with Crippen LogP contribution in [0.25, 0.3) is 0 Å². The number of carbonyl (C=O) groups excluding carboxylic acids is 1. The van der Waals surface area contributed by atoms with Gasteiger partial charge in [-0.2, -0.15) is 5.10 Å². The molecule has 2 N–H and O–H groups in total. The summed E-state index contributed by atoms with van der Waals surface area (Å²) in [6, 6.07) is -0.693. The summed E-state index contributed by atoms with van der Waals surface area (Å²) in [5, 5.41) is 15.4. The van der Waals surface area contributed by atoms with Crippen molar-refractivity contribution in [2.45, 2.75) is 25.8 Å². The Morgan fingerprint density at radius 1 is 1.62 bits per heavy atom. The van der Waals surface area contributed by atoms with Gasteiger partial charge in [0, 0.05) is 12.2 Å². The molecule has 1 aromatic heterocycles. The van der Waals surface area contributed by atoms with Crippen molar-refractivity contribution in [1.82, 2.24) is 15.1 Å². The molecule has 0 bridgehead atoms. The van der Waals surface area contributed by atoms with E-state index in [1.807, 2.05) is 0 Å². The molecular formula is C10H13N3O3. The van der Waals surface area contributed by atoms with Crippen LogP contribution in [0.2, 0.25) is 0 Å². The van der Waals surface area contributed by atoms with E-state index in [0.717, 1.165) is 6.42 Å². The van der Waals surface area contributed by atoms with Crippen molar-refractivity contribution in [3.8, 4) is 0 Å². The molecule has 1 saturated heterocycles. The minimum atomic E-state index is -0.938. The van der Waals surface area contributed by atoms with E-state index in [1.54, 1.807) is 6.92 Å². The average Bonchev–Trinajstić information content (AvgIpc) is 2.84. The van der Waals surface area contributed by atoms with Crippen LogP contribution in [-0.4, -0.2) is 44.7 Å². The van der Waals surface area contributed by atoms with Crippen LogP contribution < -0.4 is 0 Å². The second kappa shape index (κ2) is 3.96. The zero-order valence-corrected chi connectivity index (χ0v) is 8.93. The van der Waals surface area contributed by atoms with Gasteiger partial charge in [-0.3, -0.25) is 9.89 Å². The molecule has 2 rings (SSSR count). The Balaban J connectivity index is 2.22. The van der Waals surface area contributed by atoms with Gasteiger partial charge in [-0.25, -0.2) is 4.79 Å². The third-order valence-electron chi connectivity index (χ3n) is 2.86. The van der Waals surface area contributed by atoms with Crippen LogP contribution >= 0.6 is 0 Å². The summed E-state index contributed by atoms with van der Waals surface area (Å²) < 4.78 is 0. The molecular weight excluding hydrogens is 210 g/mol. The summed E-state index contributed by atoms with van der Waals surface area (Å²) in [6.07, 6.45) is 2.70. The molecule has 0 aromatic carbocycles. The van der Waals surface area contributed by atoms with Gasteiger partial charge in [-0.1, -0.05) is 0 Å². The number of nitrogens with one attached hydrogen (secondary N) is 1. The number of carboxylic acids is 1. The fourth-order valence-electron chi connectivity index (χ4n) is 1.99. The molecule has 16 heavy (non-hydrogen) atoms. The van der Waals surface area contributed by atoms with Gasteiger partial charge in [-0.05, 0) is 19.8 Å². The highest BCUT2D eigenvalue weighted by Gasteiger charge is 2.35. The van der Waals surface area contributed by atoms with Crippen molar-refractivity contribution in [2.24, 2.45) is 0 Å². The number of rotatable bonds is 2. The van der Waals surface area contributed by atoms with Crippen molar-refractivity contribution in [3.63, 3.8) is 0 Å². The van der Waals surface area contributed by atoms with Crippen LogP contribution in [0.4, 0.5) is 0 Å². The second-order valence-corrected chi connectivity index (χ2v) is 3.90. The van der Waals surface area contributed by atoms with E-state index in [1.165, 1.54) is 11.1 Å². The molecule has 0 radical (unpaired) electrons. The Hall–Kier alpha value is -1.85. The van der Waals surface area contributed by atoms with Crippen LogP contribution in [0.15, 0.2) is 6.20 Å². The van der Waals surface area contributed by atoms with Crippen LogP contribution in [0.3, 0.4) is 0 Å². The summed E-state index contributed by atoms with van der Waals surface area (Å²) in [6.45, 7) is 2.24. The third kappa shape index (κ3) is 1.66. The number of amides is 1. The van der Waals surface area contributed by atoms with E-state index in [4.69, 9.17) is 5.11 Å². The van der Waals surface area contributed by atoms with E-state index >= 15 is 0 Å². The molecule has 86 valence electrons. The highest BCUT2D eigenvalue weighted by Crippen LogP contribution is 2.20. The first-order chi connectivity index (χ1) is 7.61. The molecule has 1 aliphatic rings. The lowest BCUT2D eigenvalue weighted by Gasteiger charge is -2.20. The number of H-pyrrole nitrogens is 1. The summed E-state index contributed by atoms with van der Waals surface area (Å²) >= 11 is 0. The fraction of sp³-hybridized carbons (Fsp3) is 0.500. The van der Waals surface area contributed by atoms with Gasteiger partial charge in [-0.15, -0.1) is 0 Å². The number of likely N-dealkylation sites (tertiary alicyclic amines) is 1. The molecule has 1 amide bonds. The van der Waals surface area contributed by atoms with E-state index in [9.17, 15) is 9.59 Å². The molecule has 6 nitrogen and oxygen atoms in total. The van der Waals surface area contributed by atoms with Gasteiger partial charge in [0.15, 0.2) is 0 Å². The first kappa shape index (κ1) is 10.7. The van der Waals surface area contributed by atoms with Gasteiger partial charge in [0.1, 0.15) is 6.04 Å². The molecule has 1 unspecified atom stereocenters. The van der Waals surface area contributed by atoms with Gasteiger partial charge in [0.05, 0.1) is 11.8 Å². The lowest BCUT2D eigenvalue weighted by molar-refractivity contribution is -0.141. The topological polar surface area (TPSA) is 86.3 Å². The molecule has 1 fully saturated rings. The monoisotopic (exact) mass is 223 g/mol. The minimum Gasteiger partial charge on any atom is -0.480 e. The molecule has 6 heteroatoms. The third-order valence-corrected chi connectivity index (χ3v) is 2.86. The number of aromatic nitrogens is 2. The van der Waals surface area contributed by atoms with E-state index in [2.05, 4.69) is 10.2 Å². The SMILES string of the molecule is Cc1[nH]ncc1C(=O)N1CCCC1C(=O)O. The van der Waals surface area contributed by atoms with Crippen molar-refractivity contribution in [2.75, 3.05) is 6.54 Å². The van der Waals surface area contributed by atoms with Crippen LogP contribution in [0.1, 0.15) is 28.9 Å². The maximum Gasteiger partial charge on any atom is 0.326 e. The number of hydrogen-bond acceptors (Lipinski definition) is 3. The summed E-state index contributed by atoms with van der Waals surface area (Å²) in [5.74, 6) is -1.19. The standard InChI is InChI=1S/C10H13N3O3/c1-6-7(5-11-12-6)9(14)13-4-2-3-8(13)10(15)16/h5,8H,2-4H2,1H3,(H,11,12)(H,15,16). The zero-order chi connectivity index (χ0) is 11.7. The number of aliphatic carboxylic acids is 1. The number of nitrogens with zero attached hydrogens (tertiary/aromatic N) is 2. The van der Waals surface area contributed by atoms with E-state index < -0.39 is 12.0 Å². The average molecular weight is 223 g/mol. The molecule has 1 aromatic rings. The summed E-state index contributed by atoms with van der Waals surface area (Å²) in [5.41, 5.74) is 1.12. The minimum absolute atomic E-state index is 0.254. The molecule has 0 spiro atoms. The number of carboxylic acid groups (broad SMARTS) is 1. The van der Waals surface area contributed by atoms with Crippen LogP contribution in [0.5, 0.6) is 0 Å². The number of carbonyl (C=O) groups is 2. The van der Waals surface area contributed by atoms with Gasteiger partial charge in [0.2, 0.25) is 0 Å². The molecule has 0 aliphatic carbocycles. The Morgan fingerprint density at radius 3 is 2.94 bits per heavy atom. The molecule has 0 saturated carbocycles. The van der Waals surface area contributed by atoms with Crippen molar-refractivity contribution in [1.29, 1.82) is 0 Å². The highest BCUT2D eigenvalue weighted by molar-refractivity contribution is 5.97. The number of aryl methyl sites for hydroxylation is 1. The van der Waals surface area contributed by atoms with Crippen molar-refractivity contribution >= 4 is 11.9 Å². The molecule has 1 atom stereocenters. The van der Waals surface area contributed by atoms with Gasteiger partial charge >= 0.3 is 5.97 Å². The predicted molar refractivity (Wildman–Crippen MR) is 55.0 cm³/mol. The second-order valence-electron chi connectivity index (χ2n) is 3.90. The lowest BCUT2D eigenvalue weighted by atomic mass is 10.2. The molecule has 1 aliphatic heterocycles. The van der Waals surface area contributed by atoms with Gasteiger partial charge in [0.25, 0.3) is 5.91 Å². The van der Waals surface area contributed by atoms with E-state index in [-0.39, 0.29) is 5.91 Å². The largest absolute Gasteiger partial charge is 0.480 e. The zero-order valence-electron chi connectivity index (χ0n) is 8.93. The maximum atomic E-state index is 12.0. The predicted octanol–water partition coefficient (Wildman–Crippen LogP) is 0.407. The quantitative estimate of drug-likeness (QED) is 0.760. The number of hydrogen-bond donors (Lipinski definition) is 2. The van der Waals surface area contributed by atoms with Crippen LogP contribution in [-0.2, 0) is 4.79 Å². The van der Waals surface area contributed by atoms with Crippen molar-refractivity contribution < 1.29 is 14.7 Å². The first-order valence-electron chi connectivity index (χ1n) is 5.15. The summed E-state index contributed by atoms with van der Waals surface area (Å²) in [4.78, 5) is 24.4. The Morgan fingerprint density at radius 2 is 2.38 bits per heavy atom.